The summed E-state index contributed by atoms with van der Waals surface area (Å²) in [6, 6.07) is 17.0. The van der Waals surface area contributed by atoms with Gasteiger partial charge in [-0.05, 0) is 43.4 Å². The third-order valence-corrected chi connectivity index (χ3v) is 6.26. The second kappa shape index (κ2) is 5.94. The van der Waals surface area contributed by atoms with Crippen molar-refractivity contribution in [2.45, 2.75) is 50.9 Å². The molecule has 1 fully saturated rings. The van der Waals surface area contributed by atoms with Gasteiger partial charge in [-0.25, -0.2) is 0 Å². The van der Waals surface area contributed by atoms with Crippen LogP contribution in [0.5, 0.6) is 0 Å². The summed E-state index contributed by atoms with van der Waals surface area (Å²) in [5.74, 6) is 0. The molecule has 2 aromatic rings. The largest absolute Gasteiger partial charge is 0.633 e. The SMILES string of the molecule is CC12CCc3ccccc3C1O2.CC1c2ccccc2CC[N+]1(C)[O-]. The normalized spacial score (nSPS) is 34.7. The maximum atomic E-state index is 12.0. The lowest BCUT2D eigenvalue weighted by Crippen LogP contribution is -2.44. The predicted molar refractivity (Wildman–Crippen MR) is 100.0 cm³/mol. The van der Waals surface area contributed by atoms with Crippen molar-refractivity contribution < 1.29 is 9.38 Å². The first-order valence-electron chi connectivity index (χ1n) is 9.30. The summed E-state index contributed by atoms with van der Waals surface area (Å²) in [4.78, 5) is 0. The molecular formula is C22H27NO2. The monoisotopic (exact) mass is 337 g/mol. The Morgan fingerprint density at radius 2 is 1.60 bits per heavy atom. The zero-order valence-corrected chi connectivity index (χ0v) is 15.4. The molecule has 0 aromatic heterocycles. The second-order valence-corrected chi connectivity index (χ2v) is 8.03. The fraction of sp³-hybridized carbons (Fsp3) is 0.455. The standard InChI is InChI=1S/C11H15NO.C11H12O/c1-9-11-6-4-3-5-10(11)7-8-12(9,2)13;1-11-7-6-8-4-2-3-5-9(8)10(11)12-11/h3-6,9H,7-8H2,1-2H3;2-5,10H,6-7H2,1H3. The van der Waals surface area contributed by atoms with E-state index in [1.54, 1.807) is 7.05 Å². The van der Waals surface area contributed by atoms with Crippen LogP contribution in [-0.2, 0) is 17.6 Å². The number of nitrogens with zero attached hydrogens (tertiary/aromatic N) is 1. The van der Waals surface area contributed by atoms with Gasteiger partial charge in [0, 0.05) is 12.0 Å². The Morgan fingerprint density at radius 3 is 2.32 bits per heavy atom. The number of hydrogen-bond acceptors (Lipinski definition) is 2. The second-order valence-electron chi connectivity index (χ2n) is 8.03. The number of fused-ring (bicyclic) bond motifs is 4. The molecule has 4 unspecified atom stereocenters. The number of ether oxygens (including phenoxy) is 1. The minimum atomic E-state index is -0.128. The van der Waals surface area contributed by atoms with Crippen LogP contribution in [0.25, 0.3) is 0 Å². The molecule has 5 rings (SSSR count). The molecule has 0 saturated carbocycles. The van der Waals surface area contributed by atoms with E-state index >= 15 is 0 Å². The molecule has 0 radical (unpaired) electrons. The van der Waals surface area contributed by atoms with E-state index in [9.17, 15) is 5.21 Å². The van der Waals surface area contributed by atoms with E-state index < -0.39 is 0 Å². The van der Waals surface area contributed by atoms with Crippen molar-refractivity contribution in [3.8, 4) is 0 Å². The lowest BCUT2D eigenvalue weighted by Gasteiger charge is -2.47. The fourth-order valence-corrected chi connectivity index (χ4v) is 4.22. The van der Waals surface area contributed by atoms with E-state index in [0.717, 1.165) is 6.42 Å². The number of hydrogen-bond donors (Lipinski definition) is 0. The maximum absolute atomic E-state index is 12.0. The quantitative estimate of drug-likeness (QED) is 0.396. The van der Waals surface area contributed by atoms with Crippen LogP contribution in [-0.4, -0.2) is 23.8 Å². The fourth-order valence-electron chi connectivity index (χ4n) is 4.22. The molecule has 132 valence electrons. The molecule has 2 heterocycles. The molecule has 2 aromatic carbocycles. The number of epoxide rings is 1. The Hall–Kier alpha value is -1.68. The molecule has 2 aliphatic heterocycles. The molecule has 0 N–H and O–H groups in total. The van der Waals surface area contributed by atoms with Gasteiger partial charge in [-0.3, -0.25) is 0 Å². The molecule has 0 amide bonds. The highest BCUT2D eigenvalue weighted by Crippen LogP contribution is 2.55. The zero-order chi connectivity index (χ0) is 17.7. The zero-order valence-electron chi connectivity index (χ0n) is 15.4. The minimum absolute atomic E-state index is 0.0879. The van der Waals surface area contributed by atoms with E-state index in [1.165, 1.54) is 35.1 Å². The van der Waals surface area contributed by atoms with Crippen molar-refractivity contribution in [2.75, 3.05) is 13.6 Å². The van der Waals surface area contributed by atoms with Crippen LogP contribution < -0.4 is 0 Å². The highest BCUT2D eigenvalue weighted by atomic mass is 16.6. The summed E-state index contributed by atoms with van der Waals surface area (Å²) in [5, 5.41) is 12.0. The molecule has 3 nitrogen and oxygen atoms in total. The summed E-state index contributed by atoms with van der Waals surface area (Å²) in [6.07, 6.45) is 3.70. The first-order chi connectivity index (χ1) is 11.9. The highest BCUT2D eigenvalue weighted by molar-refractivity contribution is 5.37. The Kier molecular flexibility index (Phi) is 3.99. The predicted octanol–water partition coefficient (Wildman–Crippen LogP) is 4.71. The smallest absolute Gasteiger partial charge is 0.112 e. The van der Waals surface area contributed by atoms with Gasteiger partial charge < -0.3 is 14.6 Å². The number of hydroxylamine groups is 3. The number of benzene rings is 2. The molecule has 1 aliphatic carbocycles. The Morgan fingerprint density at radius 1 is 1.00 bits per heavy atom. The third kappa shape index (κ3) is 3.01. The molecule has 25 heavy (non-hydrogen) atoms. The summed E-state index contributed by atoms with van der Waals surface area (Å²) in [7, 11) is 1.76. The number of quaternary nitrogens is 1. The van der Waals surface area contributed by atoms with Crippen LogP contribution in [0.3, 0.4) is 0 Å². The van der Waals surface area contributed by atoms with E-state index in [1.807, 2.05) is 19.1 Å². The van der Waals surface area contributed by atoms with Crippen molar-refractivity contribution in [3.05, 3.63) is 76.0 Å². The van der Waals surface area contributed by atoms with E-state index in [2.05, 4.69) is 43.3 Å². The first-order valence-corrected chi connectivity index (χ1v) is 9.30. The molecule has 3 heteroatoms. The third-order valence-electron chi connectivity index (χ3n) is 6.26. The van der Waals surface area contributed by atoms with Crippen molar-refractivity contribution in [1.29, 1.82) is 0 Å². The van der Waals surface area contributed by atoms with Gasteiger partial charge in [0.05, 0.1) is 19.2 Å². The topological polar surface area (TPSA) is 35.6 Å². The van der Waals surface area contributed by atoms with Crippen molar-refractivity contribution in [1.82, 2.24) is 0 Å². The Bertz CT molecular complexity index is 785. The summed E-state index contributed by atoms with van der Waals surface area (Å²) >= 11 is 0. The Balaban J connectivity index is 0.000000126. The van der Waals surface area contributed by atoms with Crippen molar-refractivity contribution >= 4 is 0 Å². The number of likely N-dealkylation sites (N-methyl/N-ethyl adjacent to an activating group) is 1. The Labute approximate surface area is 150 Å². The molecule has 0 spiro atoms. The lowest BCUT2D eigenvalue weighted by atomic mass is 9.85. The van der Waals surface area contributed by atoms with Gasteiger partial charge in [0.2, 0.25) is 0 Å². The average molecular weight is 337 g/mol. The van der Waals surface area contributed by atoms with Crippen LogP contribution in [0.1, 0.15) is 54.7 Å². The van der Waals surface area contributed by atoms with Crippen LogP contribution in [0, 0.1) is 5.21 Å². The van der Waals surface area contributed by atoms with Crippen LogP contribution in [0.15, 0.2) is 48.5 Å². The van der Waals surface area contributed by atoms with Gasteiger partial charge in [-0.1, -0.05) is 48.5 Å². The van der Waals surface area contributed by atoms with Gasteiger partial charge in [0.1, 0.15) is 12.1 Å². The average Bonchev–Trinajstić information content (AvgIpc) is 3.32. The van der Waals surface area contributed by atoms with Gasteiger partial charge in [-0.15, -0.1) is 0 Å². The lowest BCUT2D eigenvalue weighted by molar-refractivity contribution is -0.892. The molecule has 3 aliphatic rings. The van der Waals surface area contributed by atoms with Crippen molar-refractivity contribution in [3.63, 3.8) is 0 Å². The van der Waals surface area contributed by atoms with Gasteiger partial charge in [0.25, 0.3) is 0 Å². The summed E-state index contributed by atoms with van der Waals surface area (Å²) in [6.45, 7) is 4.94. The number of rotatable bonds is 0. The van der Waals surface area contributed by atoms with E-state index in [-0.39, 0.29) is 16.3 Å². The molecule has 0 bridgehead atoms. The maximum Gasteiger partial charge on any atom is 0.112 e. The summed E-state index contributed by atoms with van der Waals surface area (Å²) in [5.41, 5.74) is 5.67. The van der Waals surface area contributed by atoms with Crippen LogP contribution in [0.4, 0.5) is 0 Å². The summed E-state index contributed by atoms with van der Waals surface area (Å²) < 4.78 is 5.56. The minimum Gasteiger partial charge on any atom is -0.633 e. The highest BCUT2D eigenvalue weighted by Gasteiger charge is 2.55. The van der Waals surface area contributed by atoms with Crippen LogP contribution >= 0.6 is 0 Å². The number of aryl methyl sites for hydroxylation is 1. The van der Waals surface area contributed by atoms with Crippen molar-refractivity contribution in [2.24, 2.45) is 0 Å². The molecule has 1 saturated heterocycles. The molecule has 4 atom stereocenters. The van der Waals surface area contributed by atoms with Gasteiger partial charge in [0.15, 0.2) is 0 Å². The van der Waals surface area contributed by atoms with Gasteiger partial charge in [-0.2, -0.15) is 0 Å². The van der Waals surface area contributed by atoms with E-state index in [4.69, 9.17) is 4.74 Å². The van der Waals surface area contributed by atoms with Crippen LogP contribution in [0.2, 0.25) is 0 Å². The molecular weight excluding hydrogens is 310 g/mol. The first kappa shape index (κ1) is 16.8. The van der Waals surface area contributed by atoms with Gasteiger partial charge >= 0.3 is 0 Å². The van der Waals surface area contributed by atoms with E-state index in [0.29, 0.717) is 12.6 Å².